The molecule has 0 spiro atoms. The summed E-state index contributed by atoms with van der Waals surface area (Å²) in [5.41, 5.74) is 1.72. The fourth-order valence-corrected chi connectivity index (χ4v) is 12.0. The third-order valence-corrected chi connectivity index (χ3v) is 15.1. The van der Waals surface area contributed by atoms with Gasteiger partial charge in [-0.1, -0.05) is 116 Å². The zero-order valence-electron chi connectivity index (χ0n) is 29.0. The molecule has 0 amide bonds. The topological polar surface area (TPSA) is 54.0 Å². The molecule has 4 aliphatic carbocycles. The van der Waals surface area contributed by atoms with Crippen LogP contribution in [0.15, 0.2) is 11.6 Å². The second kappa shape index (κ2) is 17.0. The van der Waals surface area contributed by atoms with Gasteiger partial charge in [-0.2, -0.15) is 0 Å². The van der Waals surface area contributed by atoms with Gasteiger partial charge in [0.05, 0.1) is 19.3 Å². The molecular formula is C38H65O5PS. The Morgan fingerprint density at radius 2 is 1.38 bits per heavy atom. The van der Waals surface area contributed by atoms with Gasteiger partial charge in [-0.25, -0.2) is 0 Å². The van der Waals surface area contributed by atoms with E-state index in [4.69, 9.17) is 30.1 Å². The Morgan fingerprint density at radius 3 is 2.02 bits per heavy atom. The summed E-state index contributed by atoms with van der Waals surface area (Å²) in [4.78, 5) is 12.7. The number of rotatable bonds is 18. The third-order valence-electron chi connectivity index (χ3n) is 12.7. The molecule has 4 fully saturated rings. The minimum atomic E-state index is -2.73. The summed E-state index contributed by atoms with van der Waals surface area (Å²) in [5.74, 6) is 2.44. The number of carbonyl (C=O) groups excluding carboxylic acids is 1. The van der Waals surface area contributed by atoms with Gasteiger partial charge in [0.2, 0.25) is 0 Å². The molecule has 7 heteroatoms. The van der Waals surface area contributed by atoms with Crippen molar-refractivity contribution >= 4 is 24.3 Å². The Hall–Kier alpha value is -0.100. The van der Waals surface area contributed by atoms with Crippen molar-refractivity contribution in [1.29, 1.82) is 0 Å². The molecule has 45 heavy (non-hydrogen) atoms. The monoisotopic (exact) mass is 664 g/mol. The zero-order chi connectivity index (χ0) is 31.8. The second-order valence-electron chi connectivity index (χ2n) is 15.8. The van der Waals surface area contributed by atoms with E-state index in [1.165, 1.54) is 89.9 Å². The van der Waals surface area contributed by atoms with Crippen LogP contribution >= 0.6 is 6.72 Å². The Morgan fingerprint density at radius 1 is 0.800 bits per heavy atom. The van der Waals surface area contributed by atoms with Crippen LogP contribution in [0.1, 0.15) is 162 Å². The van der Waals surface area contributed by atoms with Crippen LogP contribution in [0.4, 0.5) is 0 Å². The van der Waals surface area contributed by atoms with E-state index < -0.39 is 6.72 Å². The number of carbonyl (C=O) groups is 1. The highest BCUT2D eigenvalue weighted by Gasteiger charge is 2.58. The smallest absolute Gasteiger partial charge is 0.327 e. The number of unbranched alkanes of at least 4 members (excludes halogenated alkanes) is 13. The van der Waals surface area contributed by atoms with Gasteiger partial charge in [-0.3, -0.25) is 4.79 Å². The average Bonchev–Trinajstić information content (AvgIpc) is 3.34. The lowest BCUT2D eigenvalue weighted by atomic mass is 9.48. The minimum Gasteiger partial charge on any atom is -0.373 e. The SMILES string of the molecule is CCCCCCCCCCCCCCCCOC1COP(=S)(O[C@H]2CC[C@@]3(C)C(=CC[C@@H]4[C@@H]3CC[C@]3(C)C(=O)CC[C@@H]43)C2)OC1. The Balaban J connectivity index is 0.925. The lowest BCUT2D eigenvalue weighted by molar-refractivity contribution is -0.132. The molecule has 258 valence electrons. The van der Waals surface area contributed by atoms with E-state index in [1.54, 1.807) is 5.57 Å². The maximum Gasteiger partial charge on any atom is 0.327 e. The minimum absolute atomic E-state index is 0.0428. The average molecular weight is 665 g/mol. The van der Waals surface area contributed by atoms with Crippen molar-refractivity contribution in [3.63, 3.8) is 0 Å². The molecule has 1 aliphatic heterocycles. The molecule has 1 saturated heterocycles. The van der Waals surface area contributed by atoms with Gasteiger partial charge in [-0.05, 0) is 86.3 Å². The highest BCUT2D eigenvalue weighted by atomic mass is 32.5. The fraction of sp³-hybridized carbons (Fsp3) is 0.921. The zero-order valence-corrected chi connectivity index (χ0v) is 30.7. The molecule has 0 N–H and O–H groups in total. The summed E-state index contributed by atoms with van der Waals surface area (Å²) < 4.78 is 24.7. The second-order valence-corrected chi connectivity index (χ2v) is 18.7. The standard InChI is InChI=1S/C38H65O5PS/c1-4-5-6-7-8-9-10-11-12-13-14-15-16-17-26-40-32-28-41-44(45,42-29-32)43-31-22-24-37(2)30(27-31)18-19-33-34-20-21-36(39)38(34,3)25-23-35(33)37/h18,31-35H,4-17,19-29H2,1-3H3/t31-,32?,33-,34-,35-,37-,38-,44?/m0/s1. The summed E-state index contributed by atoms with van der Waals surface area (Å²) in [7, 11) is 0. The molecule has 5 nitrogen and oxygen atoms in total. The summed E-state index contributed by atoms with van der Waals surface area (Å²) >= 11 is 5.82. The number of ketones is 1. The first-order chi connectivity index (χ1) is 21.8. The van der Waals surface area contributed by atoms with Crippen LogP contribution in [0, 0.1) is 28.6 Å². The number of allylic oxidation sites excluding steroid dienone is 1. The van der Waals surface area contributed by atoms with Crippen LogP contribution in [0.2, 0.25) is 0 Å². The van der Waals surface area contributed by atoms with Crippen molar-refractivity contribution < 1.29 is 23.1 Å². The molecule has 0 aromatic carbocycles. The van der Waals surface area contributed by atoms with Gasteiger partial charge in [0, 0.05) is 18.4 Å². The molecule has 0 unspecified atom stereocenters. The van der Waals surface area contributed by atoms with E-state index >= 15 is 0 Å². The quantitative estimate of drug-likeness (QED) is 0.0826. The van der Waals surface area contributed by atoms with Gasteiger partial charge in [0.25, 0.3) is 0 Å². The molecule has 6 atom stereocenters. The Labute approximate surface area is 281 Å². The van der Waals surface area contributed by atoms with E-state index in [9.17, 15) is 4.79 Å². The van der Waals surface area contributed by atoms with Gasteiger partial charge < -0.3 is 18.3 Å². The number of hydrogen-bond acceptors (Lipinski definition) is 6. The molecule has 5 rings (SSSR count). The first-order valence-corrected chi connectivity index (χ1v) is 21.7. The van der Waals surface area contributed by atoms with Crippen LogP contribution < -0.4 is 0 Å². The number of fused-ring (bicyclic) bond motifs is 5. The van der Waals surface area contributed by atoms with Crippen molar-refractivity contribution in [2.24, 2.45) is 28.6 Å². The van der Waals surface area contributed by atoms with Crippen LogP contribution in [0.3, 0.4) is 0 Å². The third kappa shape index (κ3) is 9.13. The van der Waals surface area contributed by atoms with Crippen LogP contribution in [-0.4, -0.2) is 37.8 Å². The lowest BCUT2D eigenvalue weighted by Crippen LogP contribution is -2.50. The molecule has 0 aromatic rings. The van der Waals surface area contributed by atoms with Gasteiger partial charge in [0.1, 0.15) is 11.9 Å². The molecule has 0 aromatic heterocycles. The highest BCUT2D eigenvalue weighted by Crippen LogP contribution is 2.65. The molecule has 1 heterocycles. The lowest BCUT2D eigenvalue weighted by Gasteiger charge is -2.57. The van der Waals surface area contributed by atoms with E-state index in [0.717, 1.165) is 58.0 Å². The molecule has 0 radical (unpaired) electrons. The first-order valence-electron chi connectivity index (χ1n) is 19.2. The van der Waals surface area contributed by atoms with Crippen LogP contribution in [0.25, 0.3) is 0 Å². The Bertz CT molecular complexity index is 1020. The molecule has 5 aliphatic rings. The molecule has 0 bridgehead atoms. The summed E-state index contributed by atoms with van der Waals surface area (Å²) in [6.07, 6.45) is 30.0. The van der Waals surface area contributed by atoms with Gasteiger partial charge in [-0.15, -0.1) is 0 Å². The first kappa shape index (κ1) is 36.2. The number of Topliss-reactive ketones (excluding diaryl/α,β-unsaturated/α-hetero) is 1. The van der Waals surface area contributed by atoms with Crippen LogP contribution in [-0.2, 0) is 34.9 Å². The largest absolute Gasteiger partial charge is 0.373 e. The van der Waals surface area contributed by atoms with Crippen LogP contribution in [0.5, 0.6) is 0 Å². The predicted molar refractivity (Wildman–Crippen MR) is 188 cm³/mol. The molecule has 3 saturated carbocycles. The van der Waals surface area contributed by atoms with Crippen molar-refractivity contribution in [3.05, 3.63) is 11.6 Å². The van der Waals surface area contributed by atoms with Gasteiger partial charge >= 0.3 is 6.72 Å². The van der Waals surface area contributed by atoms with Gasteiger partial charge in [0.15, 0.2) is 0 Å². The number of ether oxygens (including phenoxy) is 1. The van der Waals surface area contributed by atoms with Crippen molar-refractivity contribution in [2.75, 3.05) is 19.8 Å². The summed E-state index contributed by atoms with van der Waals surface area (Å²) in [6.45, 7) is 6.04. The van der Waals surface area contributed by atoms with Crippen molar-refractivity contribution in [2.45, 2.75) is 174 Å². The Kier molecular flexibility index (Phi) is 13.7. The maximum atomic E-state index is 12.7. The van der Waals surface area contributed by atoms with E-state index in [-0.39, 0.29) is 23.0 Å². The van der Waals surface area contributed by atoms with E-state index in [1.807, 2.05) is 0 Å². The summed E-state index contributed by atoms with van der Waals surface area (Å²) in [5, 5.41) is 0. The number of hydrogen-bond donors (Lipinski definition) is 0. The maximum absolute atomic E-state index is 12.7. The molecular weight excluding hydrogens is 599 g/mol. The van der Waals surface area contributed by atoms with Crippen molar-refractivity contribution in [3.8, 4) is 0 Å². The van der Waals surface area contributed by atoms with Crippen molar-refractivity contribution in [1.82, 2.24) is 0 Å². The van der Waals surface area contributed by atoms with E-state index in [0.29, 0.717) is 36.8 Å². The normalized spacial score (nSPS) is 38.0. The van der Waals surface area contributed by atoms with E-state index in [2.05, 4.69) is 26.8 Å². The highest BCUT2D eigenvalue weighted by molar-refractivity contribution is 8.07. The predicted octanol–water partition coefficient (Wildman–Crippen LogP) is 11.0. The fourth-order valence-electron chi connectivity index (χ4n) is 9.81. The summed E-state index contributed by atoms with van der Waals surface area (Å²) in [6, 6.07) is 0.